The van der Waals surface area contributed by atoms with Crippen LogP contribution in [0.5, 0.6) is 0 Å². The SMILES string of the molecule is CCCS(=O)(=O)Nc1ccc(F)c(Nc2ncnc3ccc(-c4ccc(=O)[nH]c4)cc23)c1F. The zero-order chi connectivity index (χ0) is 23.6. The number of H-pyrrole nitrogens is 1. The van der Waals surface area contributed by atoms with Gasteiger partial charge in [0.1, 0.15) is 23.6 Å². The lowest BCUT2D eigenvalue weighted by Crippen LogP contribution is -2.17. The Labute approximate surface area is 187 Å². The van der Waals surface area contributed by atoms with E-state index < -0.39 is 27.3 Å². The van der Waals surface area contributed by atoms with Crippen LogP contribution in [0.2, 0.25) is 0 Å². The highest BCUT2D eigenvalue weighted by Crippen LogP contribution is 2.32. The maximum absolute atomic E-state index is 15.1. The summed E-state index contributed by atoms with van der Waals surface area (Å²) in [6.07, 6.45) is 3.13. The van der Waals surface area contributed by atoms with Gasteiger partial charge in [0.25, 0.3) is 0 Å². The van der Waals surface area contributed by atoms with E-state index in [0.29, 0.717) is 17.3 Å². The van der Waals surface area contributed by atoms with Crippen molar-refractivity contribution in [3.8, 4) is 11.1 Å². The van der Waals surface area contributed by atoms with Crippen molar-refractivity contribution < 1.29 is 17.2 Å². The molecular formula is C22H19F2N5O3S. The van der Waals surface area contributed by atoms with E-state index in [1.54, 1.807) is 37.4 Å². The number of nitrogens with zero attached hydrogens (tertiary/aromatic N) is 2. The van der Waals surface area contributed by atoms with Gasteiger partial charge in [-0.3, -0.25) is 9.52 Å². The number of nitrogens with one attached hydrogen (secondary N) is 3. The molecule has 0 spiro atoms. The van der Waals surface area contributed by atoms with Crippen LogP contribution in [-0.4, -0.2) is 29.1 Å². The predicted molar refractivity (Wildman–Crippen MR) is 123 cm³/mol. The molecule has 0 atom stereocenters. The van der Waals surface area contributed by atoms with Crippen molar-refractivity contribution in [1.29, 1.82) is 0 Å². The fourth-order valence-corrected chi connectivity index (χ4v) is 4.41. The minimum absolute atomic E-state index is 0.123. The summed E-state index contributed by atoms with van der Waals surface area (Å²) in [5.74, 6) is -2.10. The van der Waals surface area contributed by atoms with Gasteiger partial charge < -0.3 is 10.3 Å². The number of rotatable bonds is 7. The molecule has 33 heavy (non-hydrogen) atoms. The second-order valence-electron chi connectivity index (χ2n) is 7.23. The Kier molecular flexibility index (Phi) is 6.05. The summed E-state index contributed by atoms with van der Waals surface area (Å²) in [4.78, 5) is 22.2. The van der Waals surface area contributed by atoms with Crippen molar-refractivity contribution in [3.05, 3.63) is 77.0 Å². The Morgan fingerprint density at radius 3 is 2.55 bits per heavy atom. The Bertz CT molecular complexity index is 1490. The third-order valence-corrected chi connectivity index (χ3v) is 6.30. The molecule has 0 bridgehead atoms. The zero-order valence-corrected chi connectivity index (χ0v) is 18.2. The molecule has 11 heteroatoms. The Balaban J connectivity index is 1.76. The summed E-state index contributed by atoms with van der Waals surface area (Å²) in [5.41, 5.74) is 0.780. The number of halogens is 2. The molecule has 0 unspecified atom stereocenters. The second-order valence-corrected chi connectivity index (χ2v) is 9.07. The molecule has 0 saturated carbocycles. The number of anilines is 3. The van der Waals surface area contributed by atoms with Crippen LogP contribution >= 0.6 is 0 Å². The number of sulfonamides is 1. The van der Waals surface area contributed by atoms with Crippen LogP contribution in [0.3, 0.4) is 0 Å². The Morgan fingerprint density at radius 1 is 1.03 bits per heavy atom. The van der Waals surface area contributed by atoms with Crippen molar-refractivity contribution in [2.75, 3.05) is 15.8 Å². The molecule has 0 saturated heterocycles. The number of hydrogen-bond donors (Lipinski definition) is 3. The van der Waals surface area contributed by atoms with Crippen LogP contribution in [0.25, 0.3) is 22.0 Å². The second kappa shape index (κ2) is 8.94. The maximum atomic E-state index is 15.1. The van der Waals surface area contributed by atoms with Crippen molar-refractivity contribution in [3.63, 3.8) is 0 Å². The molecule has 0 aliphatic rings. The smallest absolute Gasteiger partial charge is 0.247 e. The molecule has 4 rings (SSSR count). The predicted octanol–water partition coefficient (Wildman–Crippen LogP) is 4.16. The third-order valence-electron chi connectivity index (χ3n) is 4.83. The molecule has 0 aliphatic heterocycles. The van der Waals surface area contributed by atoms with Crippen molar-refractivity contribution in [1.82, 2.24) is 15.0 Å². The van der Waals surface area contributed by atoms with E-state index in [1.807, 2.05) is 0 Å². The molecule has 2 aromatic heterocycles. The van der Waals surface area contributed by atoms with E-state index in [9.17, 15) is 17.6 Å². The van der Waals surface area contributed by atoms with Crippen molar-refractivity contribution in [2.45, 2.75) is 13.3 Å². The van der Waals surface area contributed by atoms with Gasteiger partial charge in [0, 0.05) is 17.6 Å². The quantitative estimate of drug-likeness (QED) is 0.373. The number of pyridine rings is 1. The molecular weight excluding hydrogens is 452 g/mol. The normalized spacial score (nSPS) is 11.5. The van der Waals surface area contributed by atoms with E-state index in [-0.39, 0.29) is 22.8 Å². The fourth-order valence-electron chi connectivity index (χ4n) is 3.28. The molecule has 2 aromatic carbocycles. The maximum Gasteiger partial charge on any atom is 0.247 e. The Hall–Kier alpha value is -3.86. The van der Waals surface area contributed by atoms with E-state index in [4.69, 9.17) is 0 Å². The lowest BCUT2D eigenvalue weighted by atomic mass is 10.1. The summed E-state index contributed by atoms with van der Waals surface area (Å²) < 4.78 is 55.8. The summed E-state index contributed by atoms with van der Waals surface area (Å²) in [6, 6.07) is 10.2. The molecule has 4 aromatic rings. The van der Waals surface area contributed by atoms with Gasteiger partial charge in [0.15, 0.2) is 5.82 Å². The first-order valence-corrected chi connectivity index (χ1v) is 11.6. The van der Waals surface area contributed by atoms with Crippen LogP contribution < -0.4 is 15.6 Å². The van der Waals surface area contributed by atoms with E-state index in [1.165, 1.54) is 12.4 Å². The molecule has 0 aliphatic carbocycles. The van der Waals surface area contributed by atoms with E-state index >= 15 is 4.39 Å². The fraction of sp³-hybridized carbons (Fsp3) is 0.136. The van der Waals surface area contributed by atoms with Crippen molar-refractivity contribution in [2.24, 2.45) is 0 Å². The first kappa shape index (κ1) is 22.3. The van der Waals surface area contributed by atoms with Gasteiger partial charge in [-0.15, -0.1) is 0 Å². The number of benzene rings is 2. The monoisotopic (exact) mass is 471 g/mol. The summed E-state index contributed by atoms with van der Waals surface area (Å²) >= 11 is 0. The van der Waals surface area contributed by atoms with E-state index in [0.717, 1.165) is 23.3 Å². The first-order chi connectivity index (χ1) is 15.8. The highest BCUT2D eigenvalue weighted by molar-refractivity contribution is 7.92. The topological polar surface area (TPSA) is 117 Å². The molecule has 0 fully saturated rings. The van der Waals surface area contributed by atoms with Gasteiger partial charge in [-0.2, -0.15) is 0 Å². The Morgan fingerprint density at radius 2 is 1.82 bits per heavy atom. The lowest BCUT2D eigenvalue weighted by Gasteiger charge is -2.14. The number of aromatic nitrogens is 3. The molecule has 0 radical (unpaired) electrons. The van der Waals surface area contributed by atoms with Crippen LogP contribution in [0.4, 0.5) is 26.0 Å². The highest BCUT2D eigenvalue weighted by Gasteiger charge is 2.19. The summed E-state index contributed by atoms with van der Waals surface area (Å²) in [7, 11) is -3.77. The van der Waals surface area contributed by atoms with Crippen LogP contribution in [0, 0.1) is 11.6 Å². The van der Waals surface area contributed by atoms with Gasteiger partial charge >= 0.3 is 0 Å². The lowest BCUT2D eigenvalue weighted by molar-refractivity contribution is 0.588. The summed E-state index contributed by atoms with van der Waals surface area (Å²) in [6.45, 7) is 1.68. The molecule has 0 amide bonds. The number of aromatic amines is 1. The minimum atomic E-state index is -3.77. The average Bonchev–Trinajstić information content (AvgIpc) is 2.79. The standard InChI is InChI=1S/C22H19F2N5O3S/c1-2-9-33(31,32)29-18-7-5-16(23)21(20(18)24)28-22-15-10-13(3-6-17(15)26-12-27-22)14-4-8-19(30)25-11-14/h3-8,10-12,29H,2,9H2,1H3,(H,25,30)(H,26,27,28). The van der Waals surface area contributed by atoms with Crippen LogP contribution in [-0.2, 0) is 10.0 Å². The number of fused-ring (bicyclic) bond motifs is 1. The zero-order valence-electron chi connectivity index (χ0n) is 17.4. The first-order valence-electron chi connectivity index (χ1n) is 9.97. The summed E-state index contributed by atoms with van der Waals surface area (Å²) in [5, 5.41) is 3.11. The van der Waals surface area contributed by atoms with Gasteiger partial charge in [-0.25, -0.2) is 27.2 Å². The average molecular weight is 471 g/mol. The van der Waals surface area contributed by atoms with Gasteiger partial charge in [-0.1, -0.05) is 13.0 Å². The molecule has 8 nitrogen and oxygen atoms in total. The largest absolute Gasteiger partial charge is 0.335 e. The molecule has 3 N–H and O–H groups in total. The number of hydrogen-bond acceptors (Lipinski definition) is 6. The van der Waals surface area contributed by atoms with Crippen LogP contribution in [0.15, 0.2) is 59.8 Å². The van der Waals surface area contributed by atoms with Crippen molar-refractivity contribution >= 4 is 38.1 Å². The third kappa shape index (κ3) is 4.82. The van der Waals surface area contributed by atoms with Gasteiger partial charge in [-0.05, 0) is 47.9 Å². The highest BCUT2D eigenvalue weighted by atomic mass is 32.2. The molecule has 2 heterocycles. The molecule has 170 valence electrons. The van der Waals surface area contributed by atoms with E-state index in [2.05, 4.69) is 25.0 Å². The van der Waals surface area contributed by atoms with Gasteiger partial charge in [0.2, 0.25) is 15.6 Å². The van der Waals surface area contributed by atoms with Crippen LogP contribution in [0.1, 0.15) is 13.3 Å². The minimum Gasteiger partial charge on any atom is -0.335 e. The van der Waals surface area contributed by atoms with Gasteiger partial charge in [0.05, 0.1) is 17.0 Å².